The summed E-state index contributed by atoms with van der Waals surface area (Å²) in [4.78, 5) is 12.4. The zero-order chi connectivity index (χ0) is 13.7. The molecule has 0 aliphatic heterocycles. The number of pyridine rings is 1. The van der Waals surface area contributed by atoms with Gasteiger partial charge in [0.2, 0.25) is 0 Å². The standard InChI is InChI=1S/C16H20N2O2/c19-15(14-1-3-18(20)4-2-14)17-16-8-11-5-12(9-16)7-13(6-11)10-16/h1-4,11-13H,5-10H2,(H,17,19). The molecule has 0 aromatic carbocycles. The number of rotatable bonds is 2. The summed E-state index contributed by atoms with van der Waals surface area (Å²) in [5.74, 6) is 2.44. The average molecular weight is 272 g/mol. The van der Waals surface area contributed by atoms with Crippen LogP contribution in [0.3, 0.4) is 0 Å². The molecule has 4 heteroatoms. The molecule has 4 bridgehead atoms. The van der Waals surface area contributed by atoms with E-state index in [0.717, 1.165) is 37.0 Å². The van der Waals surface area contributed by atoms with E-state index in [4.69, 9.17) is 0 Å². The molecule has 20 heavy (non-hydrogen) atoms. The SMILES string of the molecule is O=C(NC12CC3CC(CC(C3)C1)C2)c1cc[n+]([O-])cc1. The van der Waals surface area contributed by atoms with Crippen molar-refractivity contribution in [3.05, 3.63) is 35.3 Å². The molecular weight excluding hydrogens is 252 g/mol. The lowest BCUT2D eigenvalue weighted by Crippen LogP contribution is -2.59. The van der Waals surface area contributed by atoms with Crippen molar-refractivity contribution in [3.63, 3.8) is 0 Å². The molecule has 1 heterocycles. The van der Waals surface area contributed by atoms with Crippen LogP contribution in [0.5, 0.6) is 0 Å². The highest BCUT2D eigenvalue weighted by molar-refractivity contribution is 5.94. The monoisotopic (exact) mass is 272 g/mol. The van der Waals surface area contributed by atoms with E-state index >= 15 is 0 Å². The molecule has 0 unspecified atom stereocenters. The lowest BCUT2D eigenvalue weighted by atomic mass is 9.53. The summed E-state index contributed by atoms with van der Waals surface area (Å²) < 4.78 is 0.710. The number of hydrogen-bond donors (Lipinski definition) is 1. The fourth-order valence-corrected chi connectivity index (χ4v) is 5.14. The molecule has 5 rings (SSSR count). The normalized spacial score (nSPS) is 37.9. The van der Waals surface area contributed by atoms with E-state index in [1.165, 1.54) is 31.7 Å². The number of hydrogen-bond acceptors (Lipinski definition) is 2. The molecule has 0 saturated heterocycles. The van der Waals surface area contributed by atoms with Crippen LogP contribution in [0.15, 0.2) is 24.5 Å². The first-order valence-corrected chi connectivity index (χ1v) is 7.63. The van der Waals surface area contributed by atoms with Crippen LogP contribution in [0.25, 0.3) is 0 Å². The number of carbonyl (C=O) groups is 1. The number of carbonyl (C=O) groups excluding carboxylic acids is 1. The maximum atomic E-state index is 12.4. The van der Waals surface area contributed by atoms with Crippen molar-refractivity contribution in [2.24, 2.45) is 17.8 Å². The zero-order valence-electron chi connectivity index (χ0n) is 11.5. The maximum absolute atomic E-state index is 12.4. The van der Waals surface area contributed by atoms with Gasteiger partial charge in [-0.1, -0.05) is 0 Å². The zero-order valence-corrected chi connectivity index (χ0v) is 11.5. The van der Waals surface area contributed by atoms with Crippen molar-refractivity contribution in [1.29, 1.82) is 0 Å². The van der Waals surface area contributed by atoms with Crippen molar-refractivity contribution < 1.29 is 9.52 Å². The van der Waals surface area contributed by atoms with Gasteiger partial charge in [0.15, 0.2) is 12.4 Å². The Labute approximate surface area is 118 Å². The summed E-state index contributed by atoms with van der Waals surface area (Å²) in [6, 6.07) is 3.20. The van der Waals surface area contributed by atoms with Crippen LogP contribution in [0.2, 0.25) is 0 Å². The number of amides is 1. The molecule has 0 spiro atoms. The Kier molecular flexibility index (Phi) is 2.56. The minimum absolute atomic E-state index is 0.0208. The van der Waals surface area contributed by atoms with Gasteiger partial charge < -0.3 is 10.5 Å². The van der Waals surface area contributed by atoms with Crippen molar-refractivity contribution in [2.45, 2.75) is 44.1 Å². The Morgan fingerprint density at radius 3 is 2.10 bits per heavy atom. The van der Waals surface area contributed by atoms with Crippen molar-refractivity contribution in [1.82, 2.24) is 5.32 Å². The second-order valence-electron chi connectivity index (χ2n) is 7.10. The predicted molar refractivity (Wildman–Crippen MR) is 73.8 cm³/mol. The Balaban J connectivity index is 1.53. The first kappa shape index (κ1) is 12.2. The van der Waals surface area contributed by atoms with Gasteiger partial charge in [-0.3, -0.25) is 4.79 Å². The van der Waals surface area contributed by atoms with E-state index in [9.17, 15) is 10.0 Å². The molecule has 4 saturated carbocycles. The van der Waals surface area contributed by atoms with Crippen LogP contribution in [0.1, 0.15) is 48.9 Å². The van der Waals surface area contributed by atoms with E-state index < -0.39 is 0 Å². The summed E-state index contributed by atoms with van der Waals surface area (Å²) in [6.07, 6.45) is 10.3. The maximum Gasteiger partial charge on any atom is 0.252 e. The Bertz CT molecular complexity index is 503. The van der Waals surface area contributed by atoms with E-state index in [0.29, 0.717) is 10.3 Å². The minimum Gasteiger partial charge on any atom is -0.619 e. The van der Waals surface area contributed by atoms with E-state index in [1.54, 1.807) is 12.1 Å². The van der Waals surface area contributed by atoms with E-state index in [-0.39, 0.29) is 11.4 Å². The van der Waals surface area contributed by atoms with Crippen molar-refractivity contribution >= 4 is 5.91 Å². The molecule has 106 valence electrons. The topological polar surface area (TPSA) is 56.0 Å². The molecule has 0 radical (unpaired) electrons. The third kappa shape index (κ3) is 1.98. The lowest BCUT2D eigenvalue weighted by molar-refractivity contribution is -0.605. The van der Waals surface area contributed by atoms with Gasteiger partial charge in [-0.2, -0.15) is 4.73 Å². The van der Waals surface area contributed by atoms with Gasteiger partial charge in [0, 0.05) is 17.7 Å². The van der Waals surface area contributed by atoms with Crippen LogP contribution in [-0.2, 0) is 0 Å². The molecular formula is C16H20N2O2. The van der Waals surface area contributed by atoms with Crippen LogP contribution in [0, 0.1) is 23.0 Å². The quantitative estimate of drug-likeness (QED) is 0.661. The first-order chi connectivity index (χ1) is 9.62. The molecule has 1 amide bonds. The van der Waals surface area contributed by atoms with Gasteiger partial charge in [-0.25, -0.2) is 0 Å². The van der Waals surface area contributed by atoms with Gasteiger partial charge in [-0.15, -0.1) is 0 Å². The fraction of sp³-hybridized carbons (Fsp3) is 0.625. The van der Waals surface area contributed by atoms with Gasteiger partial charge >= 0.3 is 0 Å². The third-order valence-electron chi connectivity index (χ3n) is 5.48. The highest BCUT2D eigenvalue weighted by atomic mass is 16.5. The van der Waals surface area contributed by atoms with Gasteiger partial charge in [0.05, 0.1) is 5.56 Å². The average Bonchev–Trinajstić information content (AvgIpc) is 2.37. The summed E-state index contributed by atoms with van der Waals surface area (Å²) >= 11 is 0. The highest BCUT2D eigenvalue weighted by Crippen LogP contribution is 2.55. The smallest absolute Gasteiger partial charge is 0.252 e. The number of nitrogens with one attached hydrogen (secondary N) is 1. The van der Waals surface area contributed by atoms with Crippen LogP contribution in [0.4, 0.5) is 0 Å². The van der Waals surface area contributed by atoms with Crippen molar-refractivity contribution in [3.8, 4) is 0 Å². The molecule has 1 N–H and O–H groups in total. The van der Waals surface area contributed by atoms with Gasteiger partial charge in [-0.05, 0) is 56.3 Å². The summed E-state index contributed by atoms with van der Waals surface area (Å²) in [5, 5.41) is 14.3. The summed E-state index contributed by atoms with van der Waals surface area (Å²) in [7, 11) is 0. The fourth-order valence-electron chi connectivity index (χ4n) is 5.14. The molecule has 4 fully saturated rings. The van der Waals surface area contributed by atoms with Gasteiger partial charge in [0.1, 0.15) is 0 Å². The van der Waals surface area contributed by atoms with Crippen molar-refractivity contribution in [2.75, 3.05) is 0 Å². The Morgan fingerprint density at radius 2 is 1.60 bits per heavy atom. The minimum atomic E-state index is -0.0208. The van der Waals surface area contributed by atoms with E-state index in [2.05, 4.69) is 5.32 Å². The Morgan fingerprint density at radius 1 is 1.10 bits per heavy atom. The van der Waals surface area contributed by atoms with E-state index in [1.807, 2.05) is 0 Å². The van der Waals surface area contributed by atoms with Crippen LogP contribution in [-0.4, -0.2) is 11.4 Å². The Hall–Kier alpha value is -1.58. The highest BCUT2D eigenvalue weighted by Gasteiger charge is 2.51. The molecule has 1 aromatic heterocycles. The molecule has 0 atom stereocenters. The molecule has 4 aliphatic carbocycles. The summed E-state index contributed by atoms with van der Waals surface area (Å²) in [6.45, 7) is 0. The third-order valence-corrected chi connectivity index (χ3v) is 5.48. The number of aromatic nitrogens is 1. The lowest BCUT2D eigenvalue weighted by Gasteiger charge is -2.56. The number of nitrogens with zero attached hydrogens (tertiary/aromatic N) is 1. The first-order valence-electron chi connectivity index (χ1n) is 7.63. The van der Waals surface area contributed by atoms with Crippen LogP contribution < -0.4 is 10.0 Å². The second-order valence-corrected chi connectivity index (χ2v) is 7.10. The summed E-state index contributed by atoms with van der Waals surface area (Å²) in [5.41, 5.74) is 0.627. The molecule has 1 aromatic rings. The van der Waals surface area contributed by atoms with Crippen LogP contribution >= 0.6 is 0 Å². The van der Waals surface area contributed by atoms with Gasteiger partial charge in [0.25, 0.3) is 5.91 Å². The predicted octanol–water partition coefficient (Wildman–Crippen LogP) is 2.02. The second kappa shape index (κ2) is 4.21. The molecule has 4 aliphatic rings. The molecule has 4 nitrogen and oxygen atoms in total. The largest absolute Gasteiger partial charge is 0.619 e.